The Morgan fingerprint density at radius 3 is 2.77 bits per heavy atom. The highest BCUT2D eigenvalue weighted by Crippen LogP contribution is 2.38. The molecule has 0 aliphatic rings. The van der Waals surface area contributed by atoms with Crippen LogP contribution in [0.3, 0.4) is 0 Å². The topological polar surface area (TPSA) is 93.4 Å². The van der Waals surface area contributed by atoms with E-state index >= 15 is 0 Å². The fourth-order valence-corrected chi connectivity index (χ4v) is 3.02. The van der Waals surface area contributed by atoms with Crippen molar-refractivity contribution in [2.45, 2.75) is 32.4 Å². The Morgan fingerprint density at radius 1 is 1.29 bits per heavy atom. The van der Waals surface area contributed by atoms with E-state index in [-0.39, 0.29) is 23.6 Å². The molecular formula is C20H22F3N5O3. The third-order valence-electron chi connectivity index (χ3n) is 4.53. The van der Waals surface area contributed by atoms with Crippen molar-refractivity contribution in [1.29, 1.82) is 0 Å². The molecule has 3 rings (SSSR count). The van der Waals surface area contributed by atoms with Crippen LogP contribution in [-0.2, 0) is 12.6 Å². The summed E-state index contributed by atoms with van der Waals surface area (Å²) in [7, 11) is 1.64. The van der Waals surface area contributed by atoms with Crippen LogP contribution in [-0.4, -0.2) is 46.3 Å². The number of alkyl halides is 3. The molecule has 166 valence electrons. The van der Waals surface area contributed by atoms with Gasteiger partial charge in [0.05, 0.1) is 12.0 Å². The van der Waals surface area contributed by atoms with E-state index in [1.807, 2.05) is 6.92 Å². The maximum absolute atomic E-state index is 13.1. The molecule has 3 aromatic rings. The fraction of sp³-hybridized carbons (Fsp3) is 0.400. The number of aryl methyl sites for hydroxylation is 1. The Labute approximate surface area is 176 Å². The second kappa shape index (κ2) is 9.63. The van der Waals surface area contributed by atoms with Crippen molar-refractivity contribution in [2.24, 2.45) is 0 Å². The lowest BCUT2D eigenvalue weighted by Crippen LogP contribution is -2.33. The number of carbonyl (C=O) groups excluding carboxylic acids is 1. The second-order valence-electron chi connectivity index (χ2n) is 6.85. The van der Waals surface area contributed by atoms with E-state index in [1.54, 1.807) is 13.1 Å². The maximum atomic E-state index is 13.1. The van der Waals surface area contributed by atoms with Gasteiger partial charge in [-0.1, -0.05) is 18.5 Å². The summed E-state index contributed by atoms with van der Waals surface area (Å²) in [6.07, 6.45) is -0.0345. The first-order valence-corrected chi connectivity index (χ1v) is 9.70. The fourth-order valence-electron chi connectivity index (χ4n) is 3.02. The van der Waals surface area contributed by atoms with Gasteiger partial charge in [-0.25, -0.2) is 14.8 Å². The average Bonchev–Trinajstić information content (AvgIpc) is 3.18. The smallest absolute Gasteiger partial charge is 0.437 e. The number of carbonyl (C=O) groups is 1. The molecule has 8 nitrogen and oxygen atoms in total. The van der Waals surface area contributed by atoms with Gasteiger partial charge >= 0.3 is 12.2 Å². The van der Waals surface area contributed by atoms with E-state index in [4.69, 9.17) is 9.26 Å². The molecule has 2 amide bonds. The molecule has 0 fully saturated rings. The lowest BCUT2D eigenvalue weighted by Gasteiger charge is -2.18. The van der Waals surface area contributed by atoms with Crippen molar-refractivity contribution < 1.29 is 27.2 Å². The highest BCUT2D eigenvalue weighted by atomic mass is 19.4. The van der Waals surface area contributed by atoms with Gasteiger partial charge in [-0.3, -0.25) is 5.32 Å². The molecule has 0 aliphatic carbocycles. The number of rotatable bonds is 8. The standard InChI is InChI=1S/C20H22F3N5O3/c1-3-5-13-15(7-6-14-17(13)31-27-18(14)20(21,22)23)30-11-4-10-28(2)19(29)26-16-8-9-24-12-25-16/h6-9,12H,3-5,10-11H2,1-2H3,(H,24,25,26,29). The zero-order valence-corrected chi connectivity index (χ0v) is 17.1. The molecule has 0 atom stereocenters. The first kappa shape index (κ1) is 22.3. The number of nitrogens with one attached hydrogen (secondary N) is 1. The van der Waals surface area contributed by atoms with Crippen LogP contribution in [0, 0.1) is 0 Å². The minimum absolute atomic E-state index is 0.0792. The molecule has 2 aromatic heterocycles. The third-order valence-corrected chi connectivity index (χ3v) is 4.53. The first-order chi connectivity index (χ1) is 14.8. The zero-order valence-electron chi connectivity index (χ0n) is 17.1. The Kier molecular flexibility index (Phi) is 6.93. The van der Waals surface area contributed by atoms with Crippen molar-refractivity contribution in [3.05, 3.63) is 42.0 Å². The molecule has 1 N–H and O–H groups in total. The van der Waals surface area contributed by atoms with Crippen LogP contribution in [0.4, 0.5) is 23.8 Å². The summed E-state index contributed by atoms with van der Waals surface area (Å²) >= 11 is 0. The number of aromatic nitrogens is 3. The Hall–Kier alpha value is -3.37. The number of amides is 2. The molecule has 0 aliphatic heterocycles. The molecule has 0 unspecified atom stereocenters. The largest absolute Gasteiger partial charge is 0.493 e. The van der Waals surface area contributed by atoms with Gasteiger partial charge in [0.2, 0.25) is 0 Å². The molecule has 11 heteroatoms. The quantitative estimate of drug-likeness (QED) is 0.521. The summed E-state index contributed by atoms with van der Waals surface area (Å²) in [4.78, 5) is 21.3. The summed E-state index contributed by atoms with van der Waals surface area (Å²) in [5, 5.41) is 5.77. The minimum Gasteiger partial charge on any atom is -0.493 e. The molecule has 0 saturated carbocycles. The van der Waals surface area contributed by atoms with Crippen LogP contribution in [0.25, 0.3) is 11.0 Å². The number of fused-ring (bicyclic) bond motifs is 1. The Bertz CT molecular complexity index is 1020. The molecule has 0 radical (unpaired) electrons. The van der Waals surface area contributed by atoms with E-state index in [0.717, 1.165) is 0 Å². The Balaban J connectivity index is 1.60. The highest BCUT2D eigenvalue weighted by molar-refractivity contribution is 5.88. The first-order valence-electron chi connectivity index (χ1n) is 9.70. The number of hydrogen-bond acceptors (Lipinski definition) is 6. The molecule has 2 heterocycles. The SMILES string of the molecule is CCCc1c(OCCCN(C)C(=O)Nc2ccncn2)ccc2c(C(F)(F)F)noc12. The van der Waals surface area contributed by atoms with Crippen molar-refractivity contribution in [3.63, 3.8) is 0 Å². The number of urea groups is 1. The predicted octanol–water partition coefficient (Wildman–Crippen LogP) is 4.52. The van der Waals surface area contributed by atoms with Gasteiger partial charge in [-0.15, -0.1) is 0 Å². The Morgan fingerprint density at radius 2 is 2.10 bits per heavy atom. The monoisotopic (exact) mass is 437 g/mol. The van der Waals surface area contributed by atoms with E-state index in [0.29, 0.717) is 42.9 Å². The van der Waals surface area contributed by atoms with Gasteiger partial charge in [-0.2, -0.15) is 13.2 Å². The van der Waals surface area contributed by atoms with Crippen molar-refractivity contribution in [3.8, 4) is 5.75 Å². The van der Waals surface area contributed by atoms with Crippen LogP contribution in [0.15, 0.2) is 35.2 Å². The van der Waals surface area contributed by atoms with E-state index < -0.39 is 11.9 Å². The highest BCUT2D eigenvalue weighted by Gasteiger charge is 2.37. The summed E-state index contributed by atoms with van der Waals surface area (Å²) in [6, 6.07) is 4.07. The summed E-state index contributed by atoms with van der Waals surface area (Å²) < 4.78 is 50.1. The van der Waals surface area contributed by atoms with Gasteiger partial charge in [0.25, 0.3) is 0 Å². The molecule has 0 bridgehead atoms. The van der Waals surface area contributed by atoms with Crippen LogP contribution in [0.1, 0.15) is 31.0 Å². The van der Waals surface area contributed by atoms with E-state index in [1.165, 1.54) is 29.6 Å². The van der Waals surface area contributed by atoms with Gasteiger partial charge in [0.1, 0.15) is 17.9 Å². The third kappa shape index (κ3) is 5.41. The lowest BCUT2D eigenvalue weighted by molar-refractivity contribution is -0.141. The number of ether oxygens (including phenoxy) is 1. The molecule has 1 aromatic carbocycles. The zero-order chi connectivity index (χ0) is 22.4. The van der Waals surface area contributed by atoms with E-state index in [9.17, 15) is 18.0 Å². The van der Waals surface area contributed by atoms with Crippen LogP contribution in [0.2, 0.25) is 0 Å². The number of nitrogens with zero attached hydrogens (tertiary/aromatic N) is 4. The minimum atomic E-state index is -4.59. The average molecular weight is 437 g/mol. The van der Waals surface area contributed by atoms with Gasteiger partial charge in [0, 0.05) is 25.4 Å². The summed E-state index contributed by atoms with van der Waals surface area (Å²) in [5.41, 5.74) is -0.395. The molecule has 0 saturated heterocycles. The summed E-state index contributed by atoms with van der Waals surface area (Å²) in [6.45, 7) is 2.59. The second-order valence-corrected chi connectivity index (χ2v) is 6.85. The number of hydrogen-bond donors (Lipinski definition) is 1. The van der Waals surface area contributed by atoms with Crippen molar-refractivity contribution in [2.75, 3.05) is 25.5 Å². The summed E-state index contributed by atoms with van der Waals surface area (Å²) in [5.74, 6) is 0.846. The maximum Gasteiger partial charge on any atom is 0.437 e. The van der Waals surface area contributed by atoms with E-state index in [2.05, 4.69) is 20.4 Å². The van der Waals surface area contributed by atoms with Gasteiger partial charge in [0.15, 0.2) is 11.3 Å². The van der Waals surface area contributed by atoms with Gasteiger partial charge in [-0.05, 0) is 31.0 Å². The molecular weight excluding hydrogens is 415 g/mol. The van der Waals surface area contributed by atoms with Crippen molar-refractivity contribution >= 4 is 22.8 Å². The normalized spacial score (nSPS) is 11.5. The van der Waals surface area contributed by atoms with Gasteiger partial charge < -0.3 is 14.2 Å². The van der Waals surface area contributed by atoms with Crippen LogP contribution >= 0.6 is 0 Å². The lowest BCUT2D eigenvalue weighted by atomic mass is 10.0. The predicted molar refractivity (Wildman–Crippen MR) is 107 cm³/mol. The van der Waals surface area contributed by atoms with Crippen LogP contribution in [0.5, 0.6) is 5.75 Å². The number of halogens is 3. The number of benzene rings is 1. The van der Waals surface area contributed by atoms with Crippen molar-refractivity contribution in [1.82, 2.24) is 20.0 Å². The number of anilines is 1. The molecule has 31 heavy (non-hydrogen) atoms. The molecule has 0 spiro atoms. The van der Waals surface area contributed by atoms with Crippen LogP contribution < -0.4 is 10.1 Å².